The maximum atomic E-state index is 11.8. The number of esters is 1. The zero-order valence-corrected chi connectivity index (χ0v) is 10.1. The van der Waals surface area contributed by atoms with E-state index in [1.807, 2.05) is 27.7 Å². The average Bonchev–Trinajstić information content (AvgIpc) is 2.30. The molecule has 3 nitrogen and oxygen atoms in total. The second-order valence-electron chi connectivity index (χ2n) is 4.81. The van der Waals surface area contributed by atoms with E-state index in [9.17, 15) is 4.79 Å². The van der Waals surface area contributed by atoms with Gasteiger partial charge in [-0.15, -0.1) is 0 Å². The standard InChI is InChI=1S/C10H19NO2S/c1-7-10(11,5-6-14-7)8(12)13-9(2,3)4/h7H,5-6,11H2,1-4H3. The van der Waals surface area contributed by atoms with Crippen LogP contribution in [-0.2, 0) is 9.53 Å². The largest absolute Gasteiger partial charge is 0.459 e. The fraction of sp³-hybridized carbons (Fsp3) is 0.900. The third-order valence-corrected chi connectivity index (χ3v) is 3.75. The number of nitrogens with two attached hydrogens (primary N) is 1. The molecule has 0 bridgehead atoms. The van der Waals surface area contributed by atoms with Crippen LogP contribution in [0.4, 0.5) is 0 Å². The van der Waals surface area contributed by atoms with Crippen molar-refractivity contribution in [3.63, 3.8) is 0 Å². The second-order valence-corrected chi connectivity index (χ2v) is 6.25. The number of rotatable bonds is 1. The highest BCUT2D eigenvalue weighted by atomic mass is 32.2. The molecular formula is C10H19NO2S. The van der Waals surface area contributed by atoms with E-state index in [2.05, 4.69) is 0 Å². The predicted molar refractivity (Wildman–Crippen MR) is 59.3 cm³/mol. The zero-order valence-electron chi connectivity index (χ0n) is 9.29. The molecule has 0 aromatic carbocycles. The molecule has 1 heterocycles. The topological polar surface area (TPSA) is 52.3 Å². The van der Waals surface area contributed by atoms with Gasteiger partial charge in [-0.1, -0.05) is 6.92 Å². The highest BCUT2D eigenvalue weighted by molar-refractivity contribution is 8.00. The molecule has 1 fully saturated rings. The summed E-state index contributed by atoms with van der Waals surface area (Å²) in [5, 5.41) is 0.150. The highest BCUT2D eigenvalue weighted by Gasteiger charge is 2.46. The van der Waals surface area contributed by atoms with Crippen LogP contribution in [0.1, 0.15) is 34.1 Å². The van der Waals surface area contributed by atoms with E-state index in [0.29, 0.717) is 6.42 Å². The summed E-state index contributed by atoms with van der Waals surface area (Å²) in [6.07, 6.45) is 0.716. The maximum Gasteiger partial charge on any atom is 0.327 e. The quantitative estimate of drug-likeness (QED) is 0.677. The Morgan fingerprint density at radius 3 is 2.50 bits per heavy atom. The van der Waals surface area contributed by atoms with Crippen LogP contribution in [0.25, 0.3) is 0 Å². The van der Waals surface area contributed by atoms with Gasteiger partial charge in [-0.3, -0.25) is 0 Å². The average molecular weight is 217 g/mol. The summed E-state index contributed by atoms with van der Waals surface area (Å²) >= 11 is 1.73. The van der Waals surface area contributed by atoms with Gasteiger partial charge in [-0.2, -0.15) is 11.8 Å². The monoisotopic (exact) mass is 217 g/mol. The van der Waals surface area contributed by atoms with Crippen molar-refractivity contribution < 1.29 is 9.53 Å². The number of carbonyl (C=O) groups is 1. The first-order valence-corrected chi connectivity index (χ1v) is 5.94. The Morgan fingerprint density at radius 1 is 1.57 bits per heavy atom. The Labute approximate surface area is 89.8 Å². The molecule has 0 spiro atoms. The first kappa shape index (κ1) is 11.9. The van der Waals surface area contributed by atoms with Crippen molar-refractivity contribution in [1.29, 1.82) is 0 Å². The van der Waals surface area contributed by atoms with Gasteiger partial charge in [-0.25, -0.2) is 4.79 Å². The summed E-state index contributed by atoms with van der Waals surface area (Å²) in [6.45, 7) is 7.57. The summed E-state index contributed by atoms with van der Waals surface area (Å²) in [4.78, 5) is 11.8. The molecule has 82 valence electrons. The van der Waals surface area contributed by atoms with E-state index in [0.717, 1.165) is 5.75 Å². The molecular weight excluding hydrogens is 198 g/mol. The molecule has 2 N–H and O–H groups in total. The molecule has 1 aliphatic rings. The van der Waals surface area contributed by atoms with E-state index < -0.39 is 11.1 Å². The van der Waals surface area contributed by atoms with Gasteiger partial charge >= 0.3 is 5.97 Å². The fourth-order valence-electron chi connectivity index (χ4n) is 1.40. The molecule has 14 heavy (non-hydrogen) atoms. The van der Waals surface area contributed by atoms with Crippen molar-refractivity contribution in [3.8, 4) is 0 Å². The van der Waals surface area contributed by atoms with Crippen molar-refractivity contribution in [2.75, 3.05) is 5.75 Å². The third kappa shape index (κ3) is 2.42. The number of hydrogen-bond donors (Lipinski definition) is 1. The number of hydrogen-bond acceptors (Lipinski definition) is 4. The van der Waals surface area contributed by atoms with Crippen LogP contribution in [-0.4, -0.2) is 28.1 Å². The van der Waals surface area contributed by atoms with Crippen LogP contribution in [0.3, 0.4) is 0 Å². The number of carbonyl (C=O) groups excluding carboxylic acids is 1. The van der Waals surface area contributed by atoms with E-state index in [-0.39, 0.29) is 11.2 Å². The first-order valence-electron chi connectivity index (χ1n) is 4.90. The van der Waals surface area contributed by atoms with Crippen molar-refractivity contribution in [3.05, 3.63) is 0 Å². The van der Waals surface area contributed by atoms with Gasteiger partial charge in [0.15, 0.2) is 0 Å². The molecule has 2 atom stereocenters. The Bertz CT molecular complexity index is 237. The minimum atomic E-state index is -0.780. The summed E-state index contributed by atoms with van der Waals surface area (Å²) in [5.41, 5.74) is 4.83. The SMILES string of the molecule is CC1SCCC1(N)C(=O)OC(C)(C)C. The molecule has 0 radical (unpaired) electrons. The van der Waals surface area contributed by atoms with E-state index in [1.165, 1.54) is 0 Å². The molecule has 0 saturated carbocycles. The Balaban J connectivity index is 2.68. The van der Waals surface area contributed by atoms with Gasteiger partial charge in [0.25, 0.3) is 0 Å². The van der Waals surface area contributed by atoms with Gasteiger partial charge in [0, 0.05) is 5.25 Å². The molecule has 2 unspecified atom stereocenters. The Hall–Kier alpha value is -0.220. The van der Waals surface area contributed by atoms with Crippen molar-refractivity contribution in [2.24, 2.45) is 5.73 Å². The van der Waals surface area contributed by atoms with Crippen LogP contribution in [0, 0.1) is 0 Å². The van der Waals surface area contributed by atoms with Crippen LogP contribution in [0.15, 0.2) is 0 Å². The first-order chi connectivity index (χ1) is 6.26. The number of ether oxygens (including phenoxy) is 1. The van der Waals surface area contributed by atoms with Gasteiger partial charge < -0.3 is 10.5 Å². The lowest BCUT2D eigenvalue weighted by Gasteiger charge is -2.30. The summed E-state index contributed by atoms with van der Waals surface area (Å²) in [6, 6.07) is 0. The maximum absolute atomic E-state index is 11.8. The number of thioether (sulfide) groups is 1. The lowest BCUT2D eigenvalue weighted by atomic mass is 9.94. The van der Waals surface area contributed by atoms with Crippen LogP contribution >= 0.6 is 11.8 Å². The summed E-state index contributed by atoms with van der Waals surface area (Å²) in [7, 11) is 0. The van der Waals surface area contributed by atoms with Crippen molar-refractivity contribution in [1.82, 2.24) is 0 Å². The molecule has 0 aliphatic carbocycles. The molecule has 1 saturated heterocycles. The van der Waals surface area contributed by atoms with Crippen LogP contribution in [0.2, 0.25) is 0 Å². The van der Waals surface area contributed by atoms with Gasteiger partial charge in [0.1, 0.15) is 11.1 Å². The molecule has 0 amide bonds. The molecule has 0 aromatic heterocycles. The highest BCUT2D eigenvalue weighted by Crippen LogP contribution is 2.35. The summed E-state index contributed by atoms with van der Waals surface area (Å²) < 4.78 is 5.32. The van der Waals surface area contributed by atoms with Crippen molar-refractivity contribution >= 4 is 17.7 Å². The van der Waals surface area contributed by atoms with Gasteiger partial charge in [0.2, 0.25) is 0 Å². The predicted octanol–water partition coefficient (Wildman–Crippen LogP) is 1.55. The molecule has 4 heteroatoms. The van der Waals surface area contributed by atoms with Crippen molar-refractivity contribution in [2.45, 2.75) is 50.5 Å². The normalized spacial score (nSPS) is 33.1. The van der Waals surface area contributed by atoms with E-state index in [4.69, 9.17) is 10.5 Å². The minimum absolute atomic E-state index is 0.150. The van der Waals surface area contributed by atoms with Gasteiger partial charge in [0.05, 0.1) is 0 Å². The van der Waals surface area contributed by atoms with Crippen LogP contribution < -0.4 is 5.73 Å². The zero-order chi connectivity index (χ0) is 11.0. The third-order valence-electron chi connectivity index (χ3n) is 2.39. The summed E-state index contributed by atoms with van der Waals surface area (Å²) in [5.74, 6) is 0.680. The molecule has 0 aromatic rings. The smallest absolute Gasteiger partial charge is 0.327 e. The van der Waals surface area contributed by atoms with Gasteiger partial charge in [-0.05, 0) is 32.9 Å². The van der Waals surface area contributed by atoms with Crippen LogP contribution in [0.5, 0.6) is 0 Å². The molecule has 1 rings (SSSR count). The lowest BCUT2D eigenvalue weighted by Crippen LogP contribution is -2.54. The van der Waals surface area contributed by atoms with E-state index >= 15 is 0 Å². The lowest BCUT2D eigenvalue weighted by molar-refractivity contribution is -0.161. The molecule has 1 aliphatic heterocycles. The second kappa shape index (κ2) is 3.74. The van der Waals surface area contributed by atoms with E-state index in [1.54, 1.807) is 11.8 Å². The fourth-order valence-corrected chi connectivity index (χ4v) is 2.72. The Morgan fingerprint density at radius 2 is 2.14 bits per heavy atom. The minimum Gasteiger partial charge on any atom is -0.459 e. The Kier molecular flexibility index (Phi) is 3.17.